The molecular weight excluding hydrogens is 438 g/mol. The van der Waals surface area contributed by atoms with E-state index in [-0.39, 0.29) is 12.2 Å². The minimum atomic E-state index is -0.304. The number of rotatable bonds is 5. The molecule has 1 amide bonds. The second kappa shape index (κ2) is 8.84. The fourth-order valence-corrected chi connectivity index (χ4v) is 3.65. The average Bonchev–Trinajstić information content (AvgIpc) is 3.51. The SMILES string of the molecule is Cc1nc(-n2cnnn2)ccc1Nc1nccn2c(C3=CCN(C(=O)OC(C)C)CC3)nnc12. The number of tetrazole rings is 1. The number of amides is 1. The lowest BCUT2D eigenvalue weighted by atomic mass is 10.1. The number of fused-ring (bicyclic) bond motifs is 1. The molecule has 5 rings (SSSR count). The predicted octanol–water partition coefficient (Wildman–Crippen LogP) is 2.18. The molecule has 0 saturated heterocycles. The van der Waals surface area contributed by atoms with E-state index in [0.29, 0.717) is 36.8 Å². The highest BCUT2D eigenvalue weighted by atomic mass is 16.6. The van der Waals surface area contributed by atoms with E-state index < -0.39 is 0 Å². The Kier molecular flexibility index (Phi) is 5.57. The molecule has 1 aliphatic heterocycles. The van der Waals surface area contributed by atoms with Gasteiger partial charge in [0.2, 0.25) is 5.65 Å². The van der Waals surface area contributed by atoms with Crippen LogP contribution in [0.3, 0.4) is 0 Å². The van der Waals surface area contributed by atoms with Gasteiger partial charge in [0.05, 0.1) is 17.5 Å². The van der Waals surface area contributed by atoms with Crippen molar-refractivity contribution in [2.45, 2.75) is 33.3 Å². The summed E-state index contributed by atoms with van der Waals surface area (Å²) in [6.07, 6.45) is 7.19. The van der Waals surface area contributed by atoms with Crippen molar-refractivity contribution in [2.24, 2.45) is 0 Å². The van der Waals surface area contributed by atoms with Crippen molar-refractivity contribution in [3.05, 3.63) is 48.4 Å². The largest absolute Gasteiger partial charge is 0.447 e. The number of ether oxygens (including phenoxy) is 1. The summed E-state index contributed by atoms with van der Waals surface area (Å²) in [5.74, 6) is 1.89. The maximum Gasteiger partial charge on any atom is 0.410 e. The lowest BCUT2D eigenvalue weighted by Crippen LogP contribution is -2.36. The molecule has 4 aromatic rings. The molecule has 0 bridgehead atoms. The van der Waals surface area contributed by atoms with Gasteiger partial charge in [-0.2, -0.15) is 4.68 Å². The maximum absolute atomic E-state index is 12.2. The zero-order chi connectivity index (χ0) is 23.7. The minimum Gasteiger partial charge on any atom is -0.447 e. The number of carbonyl (C=O) groups is 1. The van der Waals surface area contributed by atoms with Gasteiger partial charge in [0, 0.05) is 25.5 Å². The summed E-state index contributed by atoms with van der Waals surface area (Å²) < 4.78 is 8.67. The fraction of sp³-hybridized carbons (Fsp3) is 0.333. The van der Waals surface area contributed by atoms with Crippen molar-refractivity contribution in [3.63, 3.8) is 0 Å². The first-order chi connectivity index (χ1) is 16.5. The van der Waals surface area contributed by atoms with Gasteiger partial charge in [0.15, 0.2) is 17.5 Å². The molecule has 34 heavy (non-hydrogen) atoms. The summed E-state index contributed by atoms with van der Waals surface area (Å²) >= 11 is 0. The van der Waals surface area contributed by atoms with Gasteiger partial charge in [-0.15, -0.1) is 15.3 Å². The Hall–Kier alpha value is -4.42. The number of nitrogens with one attached hydrogen (secondary N) is 1. The Morgan fingerprint density at radius 3 is 2.82 bits per heavy atom. The standard InChI is InChI=1S/C21H23N11O2/c1-13(2)34-21(33)30-9-6-15(7-10-30)19-26-27-20-18(22-8-11-31(19)20)25-16-4-5-17(24-14(16)3)32-12-23-28-29-32/h4-6,8,11-13H,7,9-10H2,1-3H3,(H,22,25). The third kappa shape index (κ3) is 4.14. The van der Waals surface area contributed by atoms with E-state index in [0.717, 1.165) is 22.8 Å². The molecule has 174 valence electrons. The molecule has 0 unspecified atom stereocenters. The highest BCUT2D eigenvalue weighted by Gasteiger charge is 2.23. The van der Waals surface area contributed by atoms with E-state index in [1.807, 2.05) is 49.6 Å². The topological polar surface area (TPSA) is 141 Å². The number of nitrogens with zero attached hydrogens (tertiary/aromatic N) is 10. The molecule has 0 radical (unpaired) electrons. The Morgan fingerprint density at radius 2 is 2.12 bits per heavy atom. The van der Waals surface area contributed by atoms with Gasteiger partial charge >= 0.3 is 6.09 Å². The number of hydrogen-bond acceptors (Lipinski definition) is 10. The molecule has 13 nitrogen and oxygen atoms in total. The van der Waals surface area contributed by atoms with Gasteiger partial charge < -0.3 is 15.0 Å². The lowest BCUT2D eigenvalue weighted by molar-refractivity contribution is 0.0799. The molecule has 0 atom stereocenters. The van der Waals surface area contributed by atoms with Crippen molar-refractivity contribution in [1.29, 1.82) is 0 Å². The number of aryl methyl sites for hydroxylation is 1. The molecule has 1 aliphatic rings. The van der Waals surface area contributed by atoms with Crippen LogP contribution in [0.5, 0.6) is 0 Å². The second-order valence-corrected chi connectivity index (χ2v) is 8.03. The quantitative estimate of drug-likeness (QED) is 0.470. The number of hydrogen-bond donors (Lipinski definition) is 1. The highest BCUT2D eigenvalue weighted by Crippen LogP contribution is 2.26. The Labute approximate surface area is 194 Å². The summed E-state index contributed by atoms with van der Waals surface area (Å²) in [5, 5.41) is 23.2. The molecule has 0 aromatic carbocycles. The first-order valence-electron chi connectivity index (χ1n) is 10.8. The third-order valence-electron chi connectivity index (χ3n) is 5.33. The lowest BCUT2D eigenvalue weighted by Gasteiger charge is -2.26. The van der Waals surface area contributed by atoms with Gasteiger partial charge in [-0.25, -0.2) is 14.8 Å². The van der Waals surface area contributed by atoms with Crippen LogP contribution in [0.2, 0.25) is 0 Å². The minimum absolute atomic E-state index is 0.147. The van der Waals surface area contributed by atoms with E-state index in [1.165, 1.54) is 11.0 Å². The molecule has 13 heteroatoms. The zero-order valence-corrected chi connectivity index (χ0v) is 19.0. The summed E-state index contributed by atoms with van der Waals surface area (Å²) in [6, 6.07) is 3.69. The number of pyridine rings is 1. The van der Waals surface area contributed by atoms with Crippen LogP contribution in [0.4, 0.5) is 16.3 Å². The Bertz CT molecular complexity index is 1360. The third-order valence-corrected chi connectivity index (χ3v) is 5.33. The second-order valence-electron chi connectivity index (χ2n) is 8.03. The Balaban J connectivity index is 1.37. The molecule has 5 heterocycles. The first kappa shape index (κ1) is 21.4. The van der Waals surface area contributed by atoms with E-state index in [2.05, 4.69) is 41.0 Å². The molecule has 0 saturated carbocycles. The van der Waals surface area contributed by atoms with Gasteiger partial charge in [0.25, 0.3) is 0 Å². The van der Waals surface area contributed by atoms with E-state index >= 15 is 0 Å². The molecule has 0 spiro atoms. The number of aromatic nitrogens is 9. The fourth-order valence-electron chi connectivity index (χ4n) is 3.65. The molecule has 4 aromatic heterocycles. The van der Waals surface area contributed by atoms with Gasteiger partial charge in [-0.3, -0.25) is 4.40 Å². The van der Waals surface area contributed by atoms with Crippen molar-refractivity contribution >= 4 is 28.8 Å². The van der Waals surface area contributed by atoms with Crippen LogP contribution in [0.1, 0.15) is 31.8 Å². The number of carbonyl (C=O) groups excluding carboxylic acids is 1. The Morgan fingerprint density at radius 1 is 1.24 bits per heavy atom. The van der Waals surface area contributed by atoms with Gasteiger partial charge in [-0.1, -0.05) is 6.08 Å². The van der Waals surface area contributed by atoms with E-state index in [4.69, 9.17) is 4.74 Å². The normalized spacial score (nSPS) is 13.9. The van der Waals surface area contributed by atoms with Crippen molar-refractivity contribution in [3.8, 4) is 5.82 Å². The van der Waals surface area contributed by atoms with Crippen LogP contribution >= 0.6 is 0 Å². The van der Waals surface area contributed by atoms with Crippen LogP contribution in [-0.4, -0.2) is 75.0 Å². The van der Waals surface area contributed by atoms with Crippen molar-refractivity contribution in [1.82, 2.24) is 49.7 Å². The molecule has 0 fully saturated rings. The number of anilines is 2. The molecule has 1 N–H and O–H groups in total. The maximum atomic E-state index is 12.2. The van der Waals surface area contributed by atoms with Crippen LogP contribution in [0.15, 0.2) is 36.9 Å². The zero-order valence-electron chi connectivity index (χ0n) is 19.0. The van der Waals surface area contributed by atoms with Crippen LogP contribution in [0, 0.1) is 6.92 Å². The average molecular weight is 461 g/mol. The summed E-state index contributed by atoms with van der Waals surface area (Å²) in [6.45, 7) is 6.58. The van der Waals surface area contributed by atoms with Crippen LogP contribution in [0.25, 0.3) is 17.0 Å². The summed E-state index contributed by atoms with van der Waals surface area (Å²) in [7, 11) is 0. The van der Waals surface area contributed by atoms with Gasteiger partial charge in [-0.05, 0) is 55.3 Å². The van der Waals surface area contributed by atoms with E-state index in [1.54, 1.807) is 11.1 Å². The van der Waals surface area contributed by atoms with E-state index in [9.17, 15) is 4.79 Å². The molecular formula is C21H23N11O2. The van der Waals surface area contributed by atoms with Crippen LogP contribution in [-0.2, 0) is 4.74 Å². The smallest absolute Gasteiger partial charge is 0.410 e. The van der Waals surface area contributed by atoms with Gasteiger partial charge in [0.1, 0.15) is 6.33 Å². The van der Waals surface area contributed by atoms with Crippen molar-refractivity contribution in [2.75, 3.05) is 18.4 Å². The monoisotopic (exact) mass is 461 g/mol. The molecule has 0 aliphatic carbocycles. The predicted molar refractivity (Wildman–Crippen MR) is 122 cm³/mol. The van der Waals surface area contributed by atoms with Crippen LogP contribution < -0.4 is 5.32 Å². The first-order valence-corrected chi connectivity index (χ1v) is 10.8. The summed E-state index contributed by atoms with van der Waals surface area (Å²) in [4.78, 5) is 22.8. The highest BCUT2D eigenvalue weighted by molar-refractivity contribution is 5.74. The van der Waals surface area contributed by atoms with Crippen molar-refractivity contribution < 1.29 is 9.53 Å². The summed E-state index contributed by atoms with van der Waals surface area (Å²) in [5.41, 5.74) is 3.13.